The fourth-order valence-corrected chi connectivity index (χ4v) is 5.51. The van der Waals surface area contributed by atoms with Gasteiger partial charge in [0.15, 0.2) is 0 Å². The van der Waals surface area contributed by atoms with Gasteiger partial charge in [-0.15, -0.1) is 0 Å². The Morgan fingerprint density at radius 3 is 2.62 bits per heavy atom. The molecule has 2 aliphatic rings. The van der Waals surface area contributed by atoms with Crippen molar-refractivity contribution in [2.24, 2.45) is 5.92 Å². The molecule has 2 aliphatic heterocycles. The van der Waals surface area contributed by atoms with Gasteiger partial charge in [-0.1, -0.05) is 23.7 Å². The summed E-state index contributed by atoms with van der Waals surface area (Å²) in [7, 11) is -3.46. The Kier molecular flexibility index (Phi) is 8.32. The molecule has 9 heteroatoms. The zero-order chi connectivity index (χ0) is 20.7. The van der Waals surface area contributed by atoms with E-state index in [-0.39, 0.29) is 24.1 Å². The Morgan fingerprint density at radius 1 is 1.17 bits per heavy atom. The molecule has 1 aromatic rings. The molecule has 0 aromatic heterocycles. The average Bonchev–Trinajstić information content (AvgIpc) is 2.73. The maximum absolute atomic E-state index is 12.8. The molecule has 0 saturated carbocycles. The Hall–Kier alpha value is -1.19. The second-order valence-corrected chi connectivity index (χ2v) is 10.1. The number of ether oxygens (including phenoxy) is 1. The third-order valence-electron chi connectivity index (χ3n) is 5.46. The number of hydrogen-bond acceptors (Lipinski definition) is 5. The van der Waals surface area contributed by atoms with E-state index >= 15 is 0 Å². The van der Waals surface area contributed by atoms with Crippen molar-refractivity contribution in [2.45, 2.75) is 25.0 Å². The van der Waals surface area contributed by atoms with Crippen LogP contribution in [0.1, 0.15) is 24.8 Å². The molecule has 1 aromatic carbocycles. The van der Waals surface area contributed by atoms with Crippen LogP contribution in [0.25, 0.3) is 0 Å². The van der Waals surface area contributed by atoms with Crippen molar-refractivity contribution in [3.8, 4) is 0 Å². The molecule has 0 spiro atoms. The van der Waals surface area contributed by atoms with Crippen molar-refractivity contribution < 1.29 is 17.9 Å². The van der Waals surface area contributed by atoms with E-state index < -0.39 is 10.0 Å². The van der Waals surface area contributed by atoms with Crippen molar-refractivity contribution in [1.82, 2.24) is 14.5 Å². The number of benzene rings is 1. The van der Waals surface area contributed by atoms with E-state index in [1.165, 1.54) is 4.31 Å². The lowest BCUT2D eigenvalue weighted by Crippen LogP contribution is -2.46. The van der Waals surface area contributed by atoms with Crippen molar-refractivity contribution in [3.63, 3.8) is 0 Å². The monoisotopic (exact) mass is 443 g/mol. The quantitative estimate of drug-likeness (QED) is 0.619. The van der Waals surface area contributed by atoms with Crippen molar-refractivity contribution in [2.75, 3.05) is 52.5 Å². The summed E-state index contributed by atoms with van der Waals surface area (Å²) in [6.45, 7) is 5.71. The molecule has 2 fully saturated rings. The predicted molar refractivity (Wildman–Crippen MR) is 113 cm³/mol. The van der Waals surface area contributed by atoms with E-state index in [2.05, 4.69) is 10.2 Å². The zero-order valence-corrected chi connectivity index (χ0v) is 18.3. The number of morpholine rings is 1. The highest BCUT2D eigenvalue weighted by Gasteiger charge is 2.32. The predicted octanol–water partition coefficient (Wildman–Crippen LogP) is 1.72. The minimum atomic E-state index is -3.46. The smallest absolute Gasteiger partial charge is 0.224 e. The summed E-state index contributed by atoms with van der Waals surface area (Å²) in [5.74, 6) is -0.400. The van der Waals surface area contributed by atoms with Crippen molar-refractivity contribution in [1.29, 1.82) is 0 Å². The fourth-order valence-electron chi connectivity index (χ4n) is 3.77. The molecule has 29 heavy (non-hydrogen) atoms. The summed E-state index contributed by atoms with van der Waals surface area (Å²) < 4.78 is 32.4. The number of carbonyl (C=O) groups excluding carboxylic acids is 1. The number of sulfonamides is 1. The Bertz CT molecular complexity index is 766. The van der Waals surface area contributed by atoms with Gasteiger partial charge in [0.1, 0.15) is 0 Å². The zero-order valence-electron chi connectivity index (χ0n) is 16.7. The molecular weight excluding hydrogens is 414 g/mol. The molecule has 2 saturated heterocycles. The van der Waals surface area contributed by atoms with Crippen LogP contribution in [0, 0.1) is 5.92 Å². The van der Waals surface area contributed by atoms with Crippen molar-refractivity contribution >= 4 is 27.5 Å². The molecule has 162 valence electrons. The normalized spacial score (nSPS) is 21.8. The van der Waals surface area contributed by atoms with Crippen LogP contribution in [0.15, 0.2) is 24.3 Å². The number of hydrogen-bond donors (Lipinski definition) is 1. The van der Waals surface area contributed by atoms with E-state index in [0.29, 0.717) is 30.1 Å². The number of nitrogens with zero attached hydrogens (tertiary/aromatic N) is 2. The maximum Gasteiger partial charge on any atom is 0.224 e. The van der Waals surface area contributed by atoms with E-state index in [1.807, 2.05) is 0 Å². The average molecular weight is 444 g/mol. The van der Waals surface area contributed by atoms with Crippen LogP contribution in [0.3, 0.4) is 0 Å². The summed E-state index contributed by atoms with van der Waals surface area (Å²) >= 11 is 5.87. The van der Waals surface area contributed by atoms with Gasteiger partial charge in [0, 0.05) is 37.7 Å². The molecule has 1 N–H and O–H groups in total. The van der Waals surface area contributed by atoms with Gasteiger partial charge >= 0.3 is 0 Å². The fraction of sp³-hybridized carbons (Fsp3) is 0.650. The van der Waals surface area contributed by atoms with Gasteiger partial charge in [-0.3, -0.25) is 9.69 Å². The lowest BCUT2D eigenvalue weighted by atomic mass is 9.99. The lowest BCUT2D eigenvalue weighted by molar-refractivity contribution is -0.126. The highest BCUT2D eigenvalue weighted by atomic mass is 35.5. The highest BCUT2D eigenvalue weighted by molar-refractivity contribution is 7.88. The van der Waals surface area contributed by atoms with Gasteiger partial charge in [-0.05, 0) is 43.5 Å². The third kappa shape index (κ3) is 6.93. The number of carbonyl (C=O) groups is 1. The molecule has 1 amide bonds. The summed E-state index contributed by atoms with van der Waals surface area (Å²) in [6, 6.07) is 6.83. The first-order valence-corrected chi connectivity index (χ1v) is 12.2. The molecular formula is C20H30ClN3O4S. The second kappa shape index (κ2) is 10.7. The number of amides is 1. The molecule has 3 rings (SSSR count). The second-order valence-electron chi connectivity index (χ2n) is 7.68. The first-order chi connectivity index (χ1) is 13.9. The molecule has 0 bridgehead atoms. The number of nitrogens with one attached hydrogen (secondary N) is 1. The third-order valence-corrected chi connectivity index (χ3v) is 7.53. The Balaban J connectivity index is 1.44. The van der Waals surface area contributed by atoms with Gasteiger partial charge < -0.3 is 10.1 Å². The number of rotatable bonds is 8. The van der Waals surface area contributed by atoms with Gasteiger partial charge in [0.25, 0.3) is 0 Å². The van der Waals surface area contributed by atoms with E-state index in [9.17, 15) is 13.2 Å². The first kappa shape index (κ1) is 22.5. The minimum Gasteiger partial charge on any atom is -0.379 e. The standard InChI is InChI=1S/C20H30ClN3O4S/c21-19-6-4-17(5-7-19)16-29(26,27)24-10-1-3-18(15-24)20(25)22-8-2-9-23-11-13-28-14-12-23/h4-7,18H,1-3,8-16H2,(H,22,25)/t18-/m1/s1. The summed E-state index contributed by atoms with van der Waals surface area (Å²) in [4.78, 5) is 14.9. The summed E-state index contributed by atoms with van der Waals surface area (Å²) in [5, 5.41) is 3.57. The molecule has 0 aliphatic carbocycles. The van der Waals surface area contributed by atoms with Gasteiger partial charge in [0.05, 0.1) is 24.9 Å². The Labute approximate surface area is 178 Å². The van der Waals surface area contributed by atoms with Gasteiger partial charge in [0.2, 0.25) is 15.9 Å². The van der Waals surface area contributed by atoms with Crippen LogP contribution in [0.2, 0.25) is 5.02 Å². The molecule has 2 heterocycles. The molecule has 7 nitrogen and oxygen atoms in total. The van der Waals surface area contributed by atoms with Crippen LogP contribution in [0.4, 0.5) is 0 Å². The van der Waals surface area contributed by atoms with Crippen LogP contribution in [-0.2, 0) is 25.3 Å². The number of piperidine rings is 1. The summed E-state index contributed by atoms with van der Waals surface area (Å²) in [5.41, 5.74) is 0.698. The van der Waals surface area contributed by atoms with E-state index in [0.717, 1.165) is 45.7 Å². The molecule has 0 unspecified atom stereocenters. The Morgan fingerprint density at radius 2 is 1.90 bits per heavy atom. The van der Waals surface area contributed by atoms with Gasteiger partial charge in [-0.2, -0.15) is 0 Å². The van der Waals surface area contributed by atoms with E-state index in [1.54, 1.807) is 24.3 Å². The minimum absolute atomic E-state index is 0.0432. The van der Waals surface area contributed by atoms with Gasteiger partial charge in [-0.25, -0.2) is 12.7 Å². The topological polar surface area (TPSA) is 79.0 Å². The highest BCUT2D eigenvalue weighted by Crippen LogP contribution is 2.22. The summed E-state index contributed by atoms with van der Waals surface area (Å²) in [6.07, 6.45) is 2.31. The molecule has 0 radical (unpaired) electrons. The van der Waals surface area contributed by atoms with E-state index in [4.69, 9.17) is 16.3 Å². The van der Waals surface area contributed by atoms with Crippen LogP contribution < -0.4 is 5.32 Å². The maximum atomic E-state index is 12.8. The SMILES string of the molecule is O=C(NCCCN1CCOCC1)[C@@H]1CCCN(S(=O)(=O)Cc2ccc(Cl)cc2)C1. The molecule has 1 atom stereocenters. The van der Waals surface area contributed by atoms with Crippen LogP contribution >= 0.6 is 11.6 Å². The van der Waals surface area contributed by atoms with Crippen LogP contribution in [-0.4, -0.2) is 76.0 Å². The van der Waals surface area contributed by atoms with Crippen molar-refractivity contribution in [3.05, 3.63) is 34.9 Å². The first-order valence-electron chi connectivity index (χ1n) is 10.2. The number of halogens is 1. The lowest BCUT2D eigenvalue weighted by Gasteiger charge is -2.31. The van der Waals surface area contributed by atoms with Crippen LogP contribution in [0.5, 0.6) is 0 Å². The largest absolute Gasteiger partial charge is 0.379 e.